The molecule has 1 saturated carbocycles. The zero-order valence-corrected chi connectivity index (χ0v) is 11.7. The third kappa shape index (κ3) is 3.37. The molecule has 0 aromatic carbocycles. The van der Waals surface area contributed by atoms with Gasteiger partial charge in [0, 0.05) is 11.0 Å². The average molecular weight is 310 g/mol. The van der Waals surface area contributed by atoms with Crippen LogP contribution in [0.25, 0.3) is 0 Å². The number of hydrogen-bond donors (Lipinski definition) is 0. The molecule has 1 nitrogen and oxygen atoms in total. The van der Waals surface area contributed by atoms with E-state index in [0.717, 1.165) is 18.9 Å². The summed E-state index contributed by atoms with van der Waals surface area (Å²) in [4.78, 5) is 0. The van der Waals surface area contributed by atoms with Crippen molar-refractivity contribution >= 4 is 22.6 Å². The molecule has 0 N–H and O–H groups in total. The Balaban J connectivity index is 2.39. The molecule has 0 bridgehead atoms. The maximum absolute atomic E-state index is 6.05. The summed E-state index contributed by atoms with van der Waals surface area (Å²) in [5.74, 6) is 0.969. The SMILES string of the molecule is CCCOC1(CI)CCC(CC)CC1. The third-order valence-electron chi connectivity index (χ3n) is 3.45. The molecule has 0 aromatic rings. The smallest absolute Gasteiger partial charge is 0.0771 e. The maximum Gasteiger partial charge on any atom is 0.0771 e. The van der Waals surface area contributed by atoms with Crippen molar-refractivity contribution in [3.8, 4) is 0 Å². The molecule has 1 aliphatic carbocycles. The lowest BCUT2D eigenvalue weighted by Gasteiger charge is -2.38. The summed E-state index contributed by atoms with van der Waals surface area (Å²) < 4.78 is 7.22. The van der Waals surface area contributed by atoms with Gasteiger partial charge in [-0.2, -0.15) is 0 Å². The minimum atomic E-state index is 0.238. The first-order valence-corrected chi connectivity index (χ1v) is 7.49. The predicted molar refractivity (Wildman–Crippen MR) is 70.1 cm³/mol. The summed E-state index contributed by atoms with van der Waals surface area (Å²) in [6, 6.07) is 0. The van der Waals surface area contributed by atoms with E-state index < -0.39 is 0 Å². The highest BCUT2D eigenvalue weighted by molar-refractivity contribution is 14.1. The molecule has 0 unspecified atom stereocenters. The zero-order valence-electron chi connectivity index (χ0n) is 9.52. The number of halogens is 1. The Morgan fingerprint density at radius 1 is 1.29 bits per heavy atom. The van der Waals surface area contributed by atoms with Crippen LogP contribution in [0.2, 0.25) is 0 Å². The van der Waals surface area contributed by atoms with Gasteiger partial charge in [-0.3, -0.25) is 0 Å². The van der Waals surface area contributed by atoms with Crippen LogP contribution in [0.5, 0.6) is 0 Å². The summed E-state index contributed by atoms with van der Waals surface area (Å²) in [5.41, 5.74) is 0.238. The first-order chi connectivity index (χ1) is 6.76. The van der Waals surface area contributed by atoms with E-state index in [0.29, 0.717) is 0 Å². The fourth-order valence-electron chi connectivity index (χ4n) is 2.25. The van der Waals surface area contributed by atoms with Crippen LogP contribution < -0.4 is 0 Å². The molecule has 1 aliphatic rings. The largest absolute Gasteiger partial charge is 0.374 e. The van der Waals surface area contributed by atoms with E-state index in [1.54, 1.807) is 0 Å². The number of rotatable bonds is 5. The first-order valence-electron chi connectivity index (χ1n) is 5.96. The second-order valence-corrected chi connectivity index (χ2v) is 5.28. The normalized spacial score (nSPS) is 33.2. The van der Waals surface area contributed by atoms with Crippen molar-refractivity contribution in [1.82, 2.24) is 0 Å². The van der Waals surface area contributed by atoms with Crippen molar-refractivity contribution < 1.29 is 4.74 Å². The van der Waals surface area contributed by atoms with Crippen LogP contribution in [0.4, 0.5) is 0 Å². The quantitative estimate of drug-likeness (QED) is 0.546. The van der Waals surface area contributed by atoms with Crippen molar-refractivity contribution in [2.24, 2.45) is 5.92 Å². The minimum absolute atomic E-state index is 0.238. The Kier molecular flexibility index (Phi) is 5.75. The van der Waals surface area contributed by atoms with Gasteiger partial charge in [-0.1, -0.05) is 42.9 Å². The Morgan fingerprint density at radius 2 is 1.93 bits per heavy atom. The van der Waals surface area contributed by atoms with Crippen LogP contribution in [0.3, 0.4) is 0 Å². The molecule has 0 spiro atoms. The van der Waals surface area contributed by atoms with Gasteiger partial charge in [0.2, 0.25) is 0 Å². The molecular weight excluding hydrogens is 287 g/mol. The Hall–Kier alpha value is 0.690. The average Bonchev–Trinajstić information content (AvgIpc) is 2.27. The lowest BCUT2D eigenvalue weighted by Crippen LogP contribution is -2.39. The second-order valence-electron chi connectivity index (χ2n) is 4.52. The van der Waals surface area contributed by atoms with Crippen molar-refractivity contribution in [3.05, 3.63) is 0 Å². The van der Waals surface area contributed by atoms with Crippen LogP contribution in [-0.2, 0) is 4.74 Å². The molecule has 1 fully saturated rings. The summed E-state index contributed by atoms with van der Waals surface area (Å²) in [6.07, 6.45) is 7.83. The van der Waals surface area contributed by atoms with Crippen molar-refractivity contribution in [3.63, 3.8) is 0 Å². The lowest BCUT2D eigenvalue weighted by molar-refractivity contribution is -0.0586. The van der Waals surface area contributed by atoms with Gasteiger partial charge >= 0.3 is 0 Å². The van der Waals surface area contributed by atoms with Crippen LogP contribution in [0.1, 0.15) is 52.4 Å². The molecular formula is C12H23IO. The molecule has 0 heterocycles. The Bertz CT molecular complexity index is 150. The summed E-state index contributed by atoms with van der Waals surface area (Å²) in [6.45, 7) is 5.45. The molecule has 0 atom stereocenters. The van der Waals surface area contributed by atoms with Gasteiger partial charge in [0.15, 0.2) is 0 Å². The van der Waals surface area contributed by atoms with E-state index in [4.69, 9.17) is 4.74 Å². The van der Waals surface area contributed by atoms with Gasteiger partial charge in [0.05, 0.1) is 5.60 Å². The highest BCUT2D eigenvalue weighted by Crippen LogP contribution is 2.37. The Morgan fingerprint density at radius 3 is 2.36 bits per heavy atom. The van der Waals surface area contributed by atoms with E-state index in [-0.39, 0.29) is 5.60 Å². The fraction of sp³-hybridized carbons (Fsp3) is 1.00. The van der Waals surface area contributed by atoms with Gasteiger partial charge in [-0.05, 0) is 38.0 Å². The van der Waals surface area contributed by atoms with Crippen molar-refractivity contribution in [1.29, 1.82) is 0 Å². The maximum atomic E-state index is 6.05. The van der Waals surface area contributed by atoms with E-state index in [9.17, 15) is 0 Å². The summed E-state index contributed by atoms with van der Waals surface area (Å²) >= 11 is 2.49. The highest BCUT2D eigenvalue weighted by atomic mass is 127. The van der Waals surface area contributed by atoms with E-state index in [1.165, 1.54) is 36.5 Å². The fourth-order valence-corrected chi connectivity index (χ4v) is 3.23. The molecule has 84 valence electrons. The van der Waals surface area contributed by atoms with Crippen LogP contribution in [0.15, 0.2) is 0 Å². The van der Waals surface area contributed by atoms with Crippen molar-refractivity contribution in [2.45, 2.75) is 58.0 Å². The predicted octanol–water partition coefficient (Wildman–Crippen LogP) is 4.19. The lowest BCUT2D eigenvalue weighted by atomic mass is 9.79. The van der Waals surface area contributed by atoms with Crippen LogP contribution in [-0.4, -0.2) is 16.6 Å². The number of alkyl halides is 1. The zero-order chi connectivity index (χ0) is 10.4. The molecule has 2 heteroatoms. The van der Waals surface area contributed by atoms with E-state index in [2.05, 4.69) is 36.4 Å². The monoisotopic (exact) mass is 310 g/mol. The first kappa shape index (κ1) is 12.8. The molecule has 0 amide bonds. The minimum Gasteiger partial charge on any atom is -0.374 e. The molecule has 14 heavy (non-hydrogen) atoms. The second kappa shape index (κ2) is 6.31. The van der Waals surface area contributed by atoms with Crippen LogP contribution in [0, 0.1) is 5.92 Å². The van der Waals surface area contributed by atoms with Gasteiger partial charge in [-0.25, -0.2) is 0 Å². The van der Waals surface area contributed by atoms with Gasteiger partial charge in [-0.15, -0.1) is 0 Å². The molecule has 0 radical (unpaired) electrons. The molecule has 0 aromatic heterocycles. The van der Waals surface area contributed by atoms with E-state index >= 15 is 0 Å². The third-order valence-corrected chi connectivity index (χ3v) is 4.84. The van der Waals surface area contributed by atoms with Gasteiger partial charge in [0.25, 0.3) is 0 Å². The highest BCUT2D eigenvalue weighted by Gasteiger charge is 2.34. The van der Waals surface area contributed by atoms with Crippen LogP contribution >= 0.6 is 22.6 Å². The van der Waals surface area contributed by atoms with Gasteiger partial charge < -0.3 is 4.74 Å². The summed E-state index contributed by atoms with van der Waals surface area (Å²) in [5, 5.41) is 0. The van der Waals surface area contributed by atoms with Crippen molar-refractivity contribution in [2.75, 3.05) is 11.0 Å². The molecule has 0 saturated heterocycles. The van der Waals surface area contributed by atoms with Gasteiger partial charge in [0.1, 0.15) is 0 Å². The topological polar surface area (TPSA) is 9.23 Å². The van der Waals surface area contributed by atoms with E-state index in [1.807, 2.05) is 0 Å². The Labute approximate surface area is 102 Å². The number of ether oxygens (including phenoxy) is 1. The number of hydrogen-bond acceptors (Lipinski definition) is 1. The molecule has 1 rings (SSSR count). The molecule has 0 aliphatic heterocycles. The standard InChI is InChI=1S/C12H23IO/c1-3-9-14-12(10-13)7-5-11(4-2)6-8-12/h11H,3-10H2,1-2H3. The summed E-state index contributed by atoms with van der Waals surface area (Å²) in [7, 11) is 0.